The predicted octanol–water partition coefficient (Wildman–Crippen LogP) is 16.3. The maximum absolute atomic E-state index is 12.4. The number of carbonyl (C=O) groups is 2. The van der Waals surface area contributed by atoms with Gasteiger partial charge in [-0.3, -0.25) is 9.59 Å². The number of allylic oxidation sites excluding steroid dienone is 3. The fraction of sp³-hybridized carbons (Fsp3) is 0.891. The van der Waals surface area contributed by atoms with Gasteiger partial charge in [-0.1, -0.05) is 244 Å². The first-order valence-corrected chi connectivity index (χ1v) is 27.1. The van der Waals surface area contributed by atoms with Crippen LogP contribution in [0.1, 0.15) is 290 Å². The van der Waals surface area contributed by atoms with Gasteiger partial charge in [0.15, 0.2) is 0 Å². The summed E-state index contributed by atoms with van der Waals surface area (Å²) in [5.41, 5.74) is 0. The summed E-state index contributed by atoms with van der Waals surface area (Å²) in [5, 5.41) is 23.1. The number of unbranched alkanes of at least 4 members (excludes halogenated alkanes) is 37. The third-order valence-corrected chi connectivity index (χ3v) is 12.5. The molecule has 0 aliphatic carbocycles. The molecule has 0 fully saturated rings. The Morgan fingerprint density at radius 3 is 1.16 bits per heavy atom. The molecule has 0 aromatic carbocycles. The molecule has 1 amide bonds. The summed E-state index contributed by atoms with van der Waals surface area (Å²) in [6.45, 7) is 4.87. The Kier molecular flexibility index (Phi) is 49.6. The van der Waals surface area contributed by atoms with Gasteiger partial charge in [0.25, 0.3) is 0 Å². The third-order valence-electron chi connectivity index (χ3n) is 12.5. The van der Waals surface area contributed by atoms with Crippen LogP contribution in [0.25, 0.3) is 0 Å². The van der Waals surface area contributed by atoms with E-state index in [9.17, 15) is 19.8 Å². The van der Waals surface area contributed by atoms with Gasteiger partial charge >= 0.3 is 5.97 Å². The number of amides is 1. The van der Waals surface area contributed by atoms with Crippen LogP contribution in [-0.4, -0.2) is 47.4 Å². The van der Waals surface area contributed by atoms with Gasteiger partial charge in [0.2, 0.25) is 5.91 Å². The Hall–Kier alpha value is -1.66. The van der Waals surface area contributed by atoms with Crippen molar-refractivity contribution < 1.29 is 24.5 Å². The lowest BCUT2D eigenvalue weighted by atomic mass is 10.0. The van der Waals surface area contributed by atoms with E-state index in [1.165, 1.54) is 193 Å². The highest BCUT2D eigenvalue weighted by molar-refractivity contribution is 5.76. The van der Waals surface area contributed by atoms with E-state index in [2.05, 4.69) is 31.3 Å². The normalized spacial score (nSPS) is 12.8. The van der Waals surface area contributed by atoms with Gasteiger partial charge in [-0.2, -0.15) is 0 Å². The molecule has 0 rings (SSSR count). The molecule has 0 aromatic heterocycles. The first kappa shape index (κ1) is 59.3. The van der Waals surface area contributed by atoms with Gasteiger partial charge in [-0.15, -0.1) is 0 Å². The maximum Gasteiger partial charge on any atom is 0.305 e. The number of hydrogen-bond acceptors (Lipinski definition) is 5. The SMILES string of the molecule is CCCCCCCCCCCCCCCCC/C=C/C(O)C(CO)NC(=O)CCCCCCCCC/C=C\CCCCCCOC(=O)CCCCCCCCCCCCCC. The van der Waals surface area contributed by atoms with Gasteiger partial charge in [0.1, 0.15) is 0 Å². The molecule has 6 nitrogen and oxygen atoms in total. The van der Waals surface area contributed by atoms with Crippen LogP contribution in [-0.2, 0) is 14.3 Å². The van der Waals surface area contributed by atoms with Crippen LogP contribution >= 0.6 is 0 Å². The number of esters is 1. The minimum Gasteiger partial charge on any atom is -0.466 e. The molecule has 3 N–H and O–H groups in total. The number of carbonyl (C=O) groups excluding carboxylic acids is 2. The quantitative estimate of drug-likeness (QED) is 0.0322. The first-order valence-electron chi connectivity index (χ1n) is 27.1. The smallest absolute Gasteiger partial charge is 0.305 e. The number of aliphatic hydroxyl groups is 2. The fourth-order valence-electron chi connectivity index (χ4n) is 8.27. The minimum atomic E-state index is -0.854. The monoisotopic (exact) mass is 860 g/mol. The van der Waals surface area contributed by atoms with E-state index in [4.69, 9.17) is 4.74 Å². The van der Waals surface area contributed by atoms with Crippen LogP contribution in [0.15, 0.2) is 24.3 Å². The minimum absolute atomic E-state index is 0.0106. The average Bonchev–Trinajstić information content (AvgIpc) is 3.26. The number of nitrogens with one attached hydrogen (secondary N) is 1. The van der Waals surface area contributed by atoms with Crippen LogP contribution in [0, 0.1) is 0 Å². The summed E-state index contributed by atoms with van der Waals surface area (Å²) in [4.78, 5) is 24.4. The molecule has 0 spiro atoms. The zero-order valence-electron chi connectivity index (χ0n) is 40.9. The van der Waals surface area contributed by atoms with Crippen LogP contribution < -0.4 is 5.32 Å². The Morgan fingerprint density at radius 2 is 0.770 bits per heavy atom. The standard InChI is InChI=1S/C55H105NO5/c1-3-5-7-9-11-13-15-17-18-19-21-24-27-31-35-39-43-47-53(58)52(51-57)56-54(59)48-44-40-36-32-28-25-22-20-23-26-30-34-38-42-46-50-61-55(60)49-45-41-37-33-29-16-14-12-10-8-6-4-2/h23,26,43,47,52-53,57-58H,3-22,24-25,27-42,44-46,48-51H2,1-2H3,(H,56,59)/b26-23-,47-43+. The van der Waals surface area contributed by atoms with Crippen molar-refractivity contribution in [1.82, 2.24) is 5.32 Å². The van der Waals surface area contributed by atoms with Crippen molar-refractivity contribution in [3.05, 3.63) is 24.3 Å². The van der Waals surface area contributed by atoms with E-state index in [0.717, 1.165) is 70.6 Å². The molecule has 61 heavy (non-hydrogen) atoms. The molecule has 0 aliphatic rings. The fourth-order valence-corrected chi connectivity index (χ4v) is 8.27. The van der Waals surface area contributed by atoms with E-state index in [1.807, 2.05) is 6.08 Å². The molecule has 6 heteroatoms. The molecular weight excluding hydrogens is 755 g/mol. The molecule has 0 saturated carbocycles. The highest BCUT2D eigenvalue weighted by Crippen LogP contribution is 2.16. The second-order valence-corrected chi connectivity index (χ2v) is 18.6. The molecule has 0 bridgehead atoms. The van der Waals surface area contributed by atoms with Gasteiger partial charge in [0, 0.05) is 12.8 Å². The molecule has 0 saturated heterocycles. The molecular formula is C55H105NO5. The number of ether oxygens (including phenoxy) is 1. The van der Waals surface area contributed by atoms with E-state index in [1.54, 1.807) is 6.08 Å². The number of rotatable bonds is 50. The van der Waals surface area contributed by atoms with E-state index >= 15 is 0 Å². The van der Waals surface area contributed by atoms with E-state index in [0.29, 0.717) is 19.4 Å². The lowest BCUT2D eigenvalue weighted by Gasteiger charge is -2.20. The third kappa shape index (κ3) is 47.7. The van der Waals surface area contributed by atoms with Crippen molar-refractivity contribution in [1.29, 1.82) is 0 Å². The molecule has 0 radical (unpaired) electrons. The van der Waals surface area contributed by atoms with Crippen LogP contribution in [0.2, 0.25) is 0 Å². The first-order chi connectivity index (χ1) is 30.0. The summed E-state index contributed by atoms with van der Waals surface area (Å²) >= 11 is 0. The van der Waals surface area contributed by atoms with E-state index < -0.39 is 12.1 Å². The molecule has 2 atom stereocenters. The Balaban J connectivity index is 3.51. The van der Waals surface area contributed by atoms with Crippen LogP contribution in [0.3, 0.4) is 0 Å². The number of aliphatic hydroxyl groups excluding tert-OH is 2. The maximum atomic E-state index is 12.4. The van der Waals surface area contributed by atoms with Gasteiger partial charge in [-0.25, -0.2) is 0 Å². The van der Waals surface area contributed by atoms with Gasteiger partial charge < -0.3 is 20.3 Å². The lowest BCUT2D eigenvalue weighted by molar-refractivity contribution is -0.143. The summed E-state index contributed by atoms with van der Waals surface area (Å²) in [5.74, 6) is -0.0924. The highest BCUT2D eigenvalue weighted by Gasteiger charge is 2.18. The summed E-state index contributed by atoms with van der Waals surface area (Å²) in [6, 6.07) is -0.638. The van der Waals surface area contributed by atoms with Crippen molar-refractivity contribution in [3.63, 3.8) is 0 Å². The van der Waals surface area contributed by atoms with Crippen molar-refractivity contribution in [2.45, 2.75) is 302 Å². The van der Waals surface area contributed by atoms with Crippen LogP contribution in [0.5, 0.6) is 0 Å². The second kappa shape index (κ2) is 51.0. The van der Waals surface area contributed by atoms with Gasteiger partial charge in [0.05, 0.1) is 25.4 Å². The molecule has 0 aliphatic heterocycles. The summed E-state index contributed by atoms with van der Waals surface area (Å²) in [6.07, 6.45) is 60.4. The second-order valence-electron chi connectivity index (χ2n) is 18.6. The molecule has 2 unspecified atom stereocenters. The number of hydrogen-bond donors (Lipinski definition) is 3. The van der Waals surface area contributed by atoms with Gasteiger partial charge in [-0.05, 0) is 57.8 Å². The Bertz CT molecular complexity index is 951. The topological polar surface area (TPSA) is 95.9 Å². The van der Waals surface area contributed by atoms with Crippen LogP contribution in [0.4, 0.5) is 0 Å². The molecule has 360 valence electrons. The summed E-state index contributed by atoms with van der Waals surface area (Å²) < 4.78 is 5.45. The van der Waals surface area contributed by atoms with Crippen molar-refractivity contribution in [2.24, 2.45) is 0 Å². The van der Waals surface area contributed by atoms with Crippen molar-refractivity contribution >= 4 is 11.9 Å². The predicted molar refractivity (Wildman–Crippen MR) is 264 cm³/mol. The van der Waals surface area contributed by atoms with Crippen molar-refractivity contribution in [2.75, 3.05) is 13.2 Å². The highest BCUT2D eigenvalue weighted by atomic mass is 16.5. The largest absolute Gasteiger partial charge is 0.466 e. The van der Waals surface area contributed by atoms with E-state index in [-0.39, 0.29) is 18.5 Å². The average molecular weight is 860 g/mol. The zero-order valence-corrected chi connectivity index (χ0v) is 40.9. The zero-order chi connectivity index (χ0) is 44.4. The summed E-state index contributed by atoms with van der Waals surface area (Å²) in [7, 11) is 0. The molecule has 0 heterocycles. The lowest BCUT2D eigenvalue weighted by Crippen LogP contribution is -2.45. The molecule has 0 aromatic rings. The van der Waals surface area contributed by atoms with Crippen molar-refractivity contribution in [3.8, 4) is 0 Å². The Labute approximate surface area is 380 Å². The Morgan fingerprint density at radius 1 is 0.443 bits per heavy atom.